The molecule has 0 saturated heterocycles. The third-order valence-electron chi connectivity index (χ3n) is 3.02. The average Bonchev–Trinajstić information content (AvgIpc) is 3.03. The zero-order chi connectivity index (χ0) is 16.2. The van der Waals surface area contributed by atoms with Crippen molar-refractivity contribution in [3.05, 3.63) is 64.2 Å². The number of anilines is 1. The quantitative estimate of drug-likeness (QED) is 0.416. The molecule has 23 heavy (non-hydrogen) atoms. The molecule has 0 amide bonds. The molecule has 8 heteroatoms. The maximum Gasteiger partial charge on any atom is 0.270 e. The van der Waals surface area contributed by atoms with Crippen LogP contribution in [0.3, 0.4) is 0 Å². The summed E-state index contributed by atoms with van der Waals surface area (Å²) in [7, 11) is 0. The lowest BCUT2D eigenvalue weighted by molar-refractivity contribution is -0.384. The van der Waals surface area contributed by atoms with E-state index in [9.17, 15) is 10.1 Å². The number of rotatable bonds is 5. The topological polar surface area (TPSA) is 81.0 Å². The van der Waals surface area contributed by atoms with Gasteiger partial charge < -0.3 is 4.72 Å². The molecule has 0 spiro atoms. The first-order valence-electron chi connectivity index (χ1n) is 6.70. The maximum absolute atomic E-state index is 10.8. The summed E-state index contributed by atoms with van der Waals surface area (Å²) in [5.41, 5.74) is 1.86. The fourth-order valence-electron chi connectivity index (χ4n) is 1.85. The van der Waals surface area contributed by atoms with E-state index in [4.69, 9.17) is 0 Å². The van der Waals surface area contributed by atoms with Crippen molar-refractivity contribution in [2.75, 3.05) is 4.72 Å². The van der Waals surface area contributed by atoms with Crippen LogP contribution in [0.25, 0.3) is 11.4 Å². The molecule has 0 fully saturated rings. The highest BCUT2D eigenvalue weighted by Gasteiger charge is 2.11. The van der Waals surface area contributed by atoms with Crippen LogP contribution in [0.4, 0.5) is 10.8 Å². The third kappa shape index (κ3) is 3.85. The van der Waals surface area contributed by atoms with Crippen molar-refractivity contribution in [2.45, 2.75) is 11.8 Å². The third-order valence-corrected chi connectivity index (χ3v) is 4.58. The van der Waals surface area contributed by atoms with Crippen molar-refractivity contribution in [1.82, 2.24) is 9.36 Å². The van der Waals surface area contributed by atoms with E-state index < -0.39 is 4.92 Å². The number of nitro groups is 1. The summed E-state index contributed by atoms with van der Waals surface area (Å²) in [6.07, 6.45) is 0. The van der Waals surface area contributed by atoms with Gasteiger partial charge in [-0.25, -0.2) is 0 Å². The van der Waals surface area contributed by atoms with E-state index in [1.165, 1.54) is 41.2 Å². The number of aromatic nitrogens is 2. The van der Waals surface area contributed by atoms with Crippen LogP contribution in [0.15, 0.2) is 53.4 Å². The second kappa shape index (κ2) is 6.76. The molecule has 0 saturated carbocycles. The van der Waals surface area contributed by atoms with Crippen LogP contribution in [-0.4, -0.2) is 14.3 Å². The summed E-state index contributed by atoms with van der Waals surface area (Å²) < 4.78 is 7.38. The first kappa shape index (κ1) is 15.4. The Bertz CT molecular complexity index is 834. The van der Waals surface area contributed by atoms with Crippen LogP contribution in [0.2, 0.25) is 0 Å². The summed E-state index contributed by atoms with van der Waals surface area (Å²) in [5, 5.41) is 11.5. The number of non-ortho nitro benzene ring substituents is 1. The number of benzene rings is 2. The van der Waals surface area contributed by atoms with Crippen molar-refractivity contribution in [3.63, 3.8) is 0 Å². The monoisotopic (exact) mass is 344 g/mol. The van der Waals surface area contributed by atoms with E-state index in [0.29, 0.717) is 16.5 Å². The van der Waals surface area contributed by atoms with Crippen molar-refractivity contribution < 1.29 is 4.92 Å². The van der Waals surface area contributed by atoms with Crippen molar-refractivity contribution in [3.8, 4) is 11.4 Å². The van der Waals surface area contributed by atoms with E-state index in [2.05, 4.69) is 14.1 Å². The minimum absolute atomic E-state index is 0.0286. The number of aryl methyl sites for hydroxylation is 1. The second-order valence-corrected chi connectivity index (χ2v) is 6.38. The molecule has 0 unspecified atom stereocenters. The highest BCUT2D eigenvalue weighted by molar-refractivity contribution is 8.00. The lowest BCUT2D eigenvalue weighted by Gasteiger charge is -2.01. The molecule has 3 aromatic rings. The predicted octanol–water partition coefficient (Wildman–Crippen LogP) is 4.54. The standard InChI is InChI=1S/C15H12N4O2S2/c1-10-5-7-13(8-6-10)22-18-15-16-14(17-23-15)11-3-2-4-12(9-11)19(20)21/h2-9H,1H3,(H,16,17,18). The lowest BCUT2D eigenvalue weighted by atomic mass is 10.2. The first-order valence-corrected chi connectivity index (χ1v) is 8.29. The fraction of sp³-hybridized carbons (Fsp3) is 0.0667. The summed E-state index contributed by atoms with van der Waals surface area (Å²) in [5.74, 6) is 0.478. The van der Waals surface area contributed by atoms with Crippen molar-refractivity contribution >= 4 is 34.3 Å². The van der Waals surface area contributed by atoms with E-state index in [1.807, 2.05) is 31.2 Å². The van der Waals surface area contributed by atoms with Crippen LogP contribution >= 0.6 is 23.5 Å². The summed E-state index contributed by atoms with van der Waals surface area (Å²) >= 11 is 2.67. The molecule has 6 nitrogen and oxygen atoms in total. The minimum atomic E-state index is -0.428. The molecule has 0 bridgehead atoms. The molecule has 2 aromatic carbocycles. The van der Waals surface area contributed by atoms with Crippen molar-refractivity contribution in [2.24, 2.45) is 0 Å². The van der Waals surface area contributed by atoms with Crippen LogP contribution in [0, 0.1) is 17.0 Å². The zero-order valence-corrected chi connectivity index (χ0v) is 13.7. The molecular weight excluding hydrogens is 332 g/mol. The average molecular weight is 344 g/mol. The van der Waals surface area contributed by atoms with Gasteiger partial charge in [-0.1, -0.05) is 29.8 Å². The van der Waals surface area contributed by atoms with Gasteiger partial charge in [0.1, 0.15) is 0 Å². The Balaban J connectivity index is 1.71. The van der Waals surface area contributed by atoms with Gasteiger partial charge >= 0.3 is 0 Å². The molecule has 0 aliphatic carbocycles. The Morgan fingerprint density at radius 2 is 2.00 bits per heavy atom. The number of nitrogens with zero attached hydrogens (tertiary/aromatic N) is 3. The van der Waals surface area contributed by atoms with Gasteiger partial charge in [0.2, 0.25) is 5.13 Å². The molecule has 1 aromatic heterocycles. The lowest BCUT2D eigenvalue weighted by Crippen LogP contribution is -1.89. The highest BCUT2D eigenvalue weighted by atomic mass is 32.2. The van der Waals surface area contributed by atoms with E-state index in [-0.39, 0.29) is 5.69 Å². The smallest absolute Gasteiger partial charge is 0.270 e. The predicted molar refractivity (Wildman–Crippen MR) is 92.7 cm³/mol. The molecule has 3 rings (SSSR count). The molecule has 116 valence electrons. The minimum Gasteiger partial charge on any atom is -0.300 e. The van der Waals surface area contributed by atoms with Crippen LogP contribution < -0.4 is 4.72 Å². The molecule has 0 aliphatic rings. The second-order valence-electron chi connectivity index (χ2n) is 4.75. The largest absolute Gasteiger partial charge is 0.300 e. The molecule has 1 heterocycles. The maximum atomic E-state index is 10.8. The van der Waals surface area contributed by atoms with Gasteiger partial charge in [0.25, 0.3) is 5.69 Å². The zero-order valence-electron chi connectivity index (χ0n) is 12.1. The Kier molecular flexibility index (Phi) is 4.54. The highest BCUT2D eigenvalue weighted by Crippen LogP contribution is 2.27. The summed E-state index contributed by atoms with van der Waals surface area (Å²) in [6.45, 7) is 2.04. The molecular formula is C15H12N4O2S2. The van der Waals surface area contributed by atoms with Crippen molar-refractivity contribution in [1.29, 1.82) is 0 Å². The molecule has 0 atom stereocenters. The number of nitro benzene ring substituents is 1. The molecule has 0 aliphatic heterocycles. The van der Waals surface area contributed by atoms with E-state index >= 15 is 0 Å². The SMILES string of the molecule is Cc1ccc(SNc2nc(-c3cccc([N+](=O)[O-])c3)ns2)cc1. The van der Waals surface area contributed by atoms with E-state index in [0.717, 1.165) is 4.90 Å². The van der Waals surface area contributed by atoms with Gasteiger partial charge in [-0.05, 0) is 31.0 Å². The van der Waals surface area contributed by atoms with Gasteiger partial charge in [0.15, 0.2) is 5.82 Å². The van der Waals surface area contributed by atoms with Crippen LogP contribution in [0.5, 0.6) is 0 Å². The number of hydrogen-bond donors (Lipinski definition) is 1. The van der Waals surface area contributed by atoms with Gasteiger partial charge in [-0.15, -0.1) is 0 Å². The fourth-order valence-corrected chi connectivity index (χ4v) is 3.09. The Hall–Kier alpha value is -2.45. The van der Waals surface area contributed by atoms with Gasteiger partial charge in [0, 0.05) is 34.1 Å². The first-order chi connectivity index (χ1) is 11.1. The van der Waals surface area contributed by atoms with Gasteiger partial charge in [0.05, 0.1) is 4.92 Å². The summed E-state index contributed by atoms with van der Waals surface area (Å²) in [6, 6.07) is 14.4. The molecule has 0 radical (unpaired) electrons. The molecule has 1 N–H and O–H groups in total. The van der Waals surface area contributed by atoms with Crippen LogP contribution in [0.1, 0.15) is 5.56 Å². The van der Waals surface area contributed by atoms with Gasteiger partial charge in [-0.3, -0.25) is 10.1 Å². The number of hydrogen-bond acceptors (Lipinski definition) is 7. The normalized spacial score (nSPS) is 10.5. The Morgan fingerprint density at radius 3 is 2.74 bits per heavy atom. The Labute approximate surface area is 141 Å². The van der Waals surface area contributed by atoms with Crippen LogP contribution in [-0.2, 0) is 0 Å². The van der Waals surface area contributed by atoms with E-state index in [1.54, 1.807) is 12.1 Å². The van der Waals surface area contributed by atoms with Gasteiger partial charge in [-0.2, -0.15) is 9.36 Å². The Morgan fingerprint density at radius 1 is 1.22 bits per heavy atom. The number of nitrogens with one attached hydrogen (secondary N) is 1. The summed E-state index contributed by atoms with van der Waals surface area (Å²) in [4.78, 5) is 15.8.